The van der Waals surface area contributed by atoms with E-state index < -0.39 is 0 Å². The lowest BCUT2D eigenvalue weighted by Crippen LogP contribution is -2.10. The van der Waals surface area contributed by atoms with Crippen LogP contribution in [0.15, 0.2) is 18.2 Å². The van der Waals surface area contributed by atoms with E-state index in [1.807, 2.05) is 25.1 Å². The van der Waals surface area contributed by atoms with Crippen molar-refractivity contribution in [1.29, 1.82) is 0 Å². The van der Waals surface area contributed by atoms with E-state index in [0.29, 0.717) is 15.6 Å². The molecule has 0 aliphatic carbocycles. The van der Waals surface area contributed by atoms with Crippen LogP contribution in [-0.4, -0.2) is 14.9 Å². The summed E-state index contributed by atoms with van der Waals surface area (Å²) in [6, 6.07) is 5.57. The van der Waals surface area contributed by atoms with Crippen molar-refractivity contribution in [3.05, 3.63) is 33.6 Å². The summed E-state index contributed by atoms with van der Waals surface area (Å²) in [5.41, 5.74) is 1.80. The molecule has 0 spiro atoms. The van der Waals surface area contributed by atoms with Gasteiger partial charge in [0.15, 0.2) is 5.82 Å². The highest BCUT2D eigenvalue weighted by Crippen LogP contribution is 2.25. The Kier molecular flexibility index (Phi) is 2.50. The molecule has 0 amide bonds. The molecule has 0 atom stereocenters. The second-order valence-electron chi connectivity index (χ2n) is 3.13. The molecule has 2 rings (SSSR count). The molecule has 1 heterocycles. The Hall–Kier alpha value is -1.33. The maximum Gasteiger partial charge on any atom is 0.214 e. The van der Waals surface area contributed by atoms with Crippen LogP contribution >= 0.6 is 23.8 Å². The van der Waals surface area contributed by atoms with E-state index in [9.17, 15) is 0 Å². The molecule has 0 radical (unpaired) electrons. The molecule has 0 aliphatic rings. The number of halogens is 1. The van der Waals surface area contributed by atoms with Crippen molar-refractivity contribution >= 4 is 23.8 Å². The maximum atomic E-state index is 6.01. The summed E-state index contributed by atoms with van der Waals surface area (Å²) < 4.78 is 1.71. The number of aromatic nitrogens is 3. The van der Waals surface area contributed by atoms with E-state index in [-0.39, 0.29) is 0 Å². The average molecular weight is 241 g/mol. The summed E-state index contributed by atoms with van der Waals surface area (Å²) in [5, 5.41) is 7.36. The number of nitrogens with zero attached hydrogens (tertiary/aromatic N) is 2. The zero-order valence-corrected chi connectivity index (χ0v) is 9.56. The quantitative estimate of drug-likeness (QED) is 0.594. The van der Waals surface area contributed by atoms with Crippen LogP contribution in [0.4, 0.5) is 0 Å². The van der Waals surface area contributed by atoms with E-state index in [1.165, 1.54) is 4.68 Å². The van der Waals surface area contributed by atoms with Crippen LogP contribution in [0, 0.1) is 11.7 Å². The Balaban J connectivity index is 2.69. The number of nitrogens with one attached hydrogen (secondary N) is 1. The number of hydrogen-bond donors (Lipinski definition) is 2. The van der Waals surface area contributed by atoms with Gasteiger partial charge in [0.2, 0.25) is 4.77 Å². The van der Waals surface area contributed by atoms with Crippen molar-refractivity contribution in [1.82, 2.24) is 14.9 Å². The summed E-state index contributed by atoms with van der Waals surface area (Å²) in [6.45, 7) is 1.91. The van der Waals surface area contributed by atoms with Gasteiger partial charge >= 0.3 is 0 Å². The van der Waals surface area contributed by atoms with Crippen molar-refractivity contribution in [2.75, 3.05) is 5.84 Å². The Morgan fingerprint density at radius 2 is 2.27 bits per heavy atom. The SMILES string of the molecule is Cc1c(Cl)cccc1-c1n[nH]c(=S)n1N. The Bertz CT molecular complexity index is 557. The van der Waals surface area contributed by atoms with Crippen LogP contribution in [-0.2, 0) is 0 Å². The highest BCUT2D eigenvalue weighted by Gasteiger charge is 2.10. The lowest BCUT2D eigenvalue weighted by Gasteiger charge is -2.05. The van der Waals surface area contributed by atoms with Crippen LogP contribution < -0.4 is 5.84 Å². The van der Waals surface area contributed by atoms with Crippen LogP contribution in [0.2, 0.25) is 5.02 Å². The number of hydrogen-bond acceptors (Lipinski definition) is 3. The molecular formula is C9H9ClN4S. The van der Waals surface area contributed by atoms with Gasteiger partial charge in [0, 0.05) is 10.6 Å². The molecule has 2 aromatic rings. The summed E-state index contributed by atoms with van der Waals surface area (Å²) in [4.78, 5) is 0. The highest BCUT2D eigenvalue weighted by molar-refractivity contribution is 7.71. The number of aromatic amines is 1. The minimum Gasteiger partial charge on any atom is -0.335 e. The molecule has 0 saturated heterocycles. The molecule has 15 heavy (non-hydrogen) atoms. The van der Waals surface area contributed by atoms with Gasteiger partial charge in [0.05, 0.1) is 0 Å². The molecule has 3 N–H and O–H groups in total. The Morgan fingerprint density at radius 1 is 1.53 bits per heavy atom. The van der Waals surface area contributed by atoms with E-state index in [1.54, 1.807) is 0 Å². The van der Waals surface area contributed by atoms with E-state index in [2.05, 4.69) is 10.2 Å². The smallest absolute Gasteiger partial charge is 0.214 e. The minimum absolute atomic E-state index is 0.379. The first kappa shape index (κ1) is 10.2. The van der Waals surface area contributed by atoms with Crippen molar-refractivity contribution in [2.45, 2.75) is 6.92 Å². The van der Waals surface area contributed by atoms with Gasteiger partial charge in [-0.05, 0) is 30.8 Å². The molecule has 0 fully saturated rings. The van der Waals surface area contributed by atoms with Crippen LogP contribution in [0.5, 0.6) is 0 Å². The standard InChI is InChI=1S/C9H9ClN4S/c1-5-6(3-2-4-7(5)10)8-12-13-9(15)14(8)11/h2-4H,11H2,1H3,(H,13,15). The molecular weight excluding hydrogens is 232 g/mol. The normalized spacial score (nSPS) is 10.5. The fourth-order valence-corrected chi connectivity index (χ4v) is 1.65. The topological polar surface area (TPSA) is 59.6 Å². The second-order valence-corrected chi connectivity index (χ2v) is 3.93. The van der Waals surface area contributed by atoms with E-state index in [0.717, 1.165) is 11.1 Å². The van der Waals surface area contributed by atoms with Crippen LogP contribution in [0.25, 0.3) is 11.4 Å². The fourth-order valence-electron chi connectivity index (χ4n) is 1.34. The Labute approximate surface area is 96.7 Å². The highest BCUT2D eigenvalue weighted by atomic mass is 35.5. The van der Waals surface area contributed by atoms with Gasteiger partial charge in [0.25, 0.3) is 0 Å². The second kappa shape index (κ2) is 3.67. The zero-order valence-electron chi connectivity index (χ0n) is 7.99. The molecule has 1 aromatic heterocycles. The van der Waals surface area contributed by atoms with Gasteiger partial charge in [-0.1, -0.05) is 23.7 Å². The van der Waals surface area contributed by atoms with E-state index in [4.69, 9.17) is 29.7 Å². The largest absolute Gasteiger partial charge is 0.335 e. The molecule has 4 nitrogen and oxygen atoms in total. The van der Waals surface area contributed by atoms with Gasteiger partial charge in [-0.2, -0.15) is 5.10 Å². The van der Waals surface area contributed by atoms with Gasteiger partial charge < -0.3 is 5.84 Å². The lowest BCUT2D eigenvalue weighted by atomic mass is 10.1. The first-order chi connectivity index (χ1) is 7.11. The number of nitrogen functional groups attached to an aromatic ring is 1. The van der Waals surface area contributed by atoms with Crippen molar-refractivity contribution < 1.29 is 0 Å². The molecule has 0 saturated carbocycles. The third kappa shape index (κ3) is 1.64. The molecule has 1 aromatic carbocycles. The van der Waals surface area contributed by atoms with Gasteiger partial charge in [-0.25, -0.2) is 9.77 Å². The van der Waals surface area contributed by atoms with E-state index >= 15 is 0 Å². The van der Waals surface area contributed by atoms with Crippen LogP contribution in [0.1, 0.15) is 5.56 Å². The third-order valence-electron chi connectivity index (χ3n) is 2.21. The van der Waals surface area contributed by atoms with Gasteiger partial charge in [-0.15, -0.1) is 0 Å². The minimum atomic E-state index is 0.379. The maximum absolute atomic E-state index is 6.01. The summed E-state index contributed by atoms with van der Waals surface area (Å²) in [6.07, 6.45) is 0. The molecule has 0 aliphatic heterocycles. The fraction of sp³-hybridized carbons (Fsp3) is 0.111. The number of H-pyrrole nitrogens is 1. The van der Waals surface area contributed by atoms with Gasteiger partial charge in [0.1, 0.15) is 0 Å². The van der Waals surface area contributed by atoms with Gasteiger partial charge in [-0.3, -0.25) is 0 Å². The molecule has 0 unspecified atom stereocenters. The molecule has 78 valence electrons. The summed E-state index contributed by atoms with van der Waals surface area (Å²) in [7, 11) is 0. The lowest BCUT2D eigenvalue weighted by molar-refractivity contribution is 0.983. The number of rotatable bonds is 1. The predicted octanol–water partition coefficient (Wildman–Crippen LogP) is 2.28. The van der Waals surface area contributed by atoms with Crippen molar-refractivity contribution in [3.63, 3.8) is 0 Å². The van der Waals surface area contributed by atoms with Crippen molar-refractivity contribution in [2.24, 2.45) is 0 Å². The Morgan fingerprint density at radius 3 is 2.87 bits per heavy atom. The molecule has 6 heteroatoms. The predicted molar refractivity (Wildman–Crippen MR) is 62.7 cm³/mol. The van der Waals surface area contributed by atoms with Crippen molar-refractivity contribution in [3.8, 4) is 11.4 Å². The number of nitrogens with two attached hydrogens (primary N) is 1. The summed E-state index contributed by atoms with van der Waals surface area (Å²) in [5.74, 6) is 6.31. The zero-order chi connectivity index (χ0) is 11.0. The number of benzene rings is 1. The third-order valence-corrected chi connectivity index (χ3v) is 2.91. The first-order valence-corrected chi connectivity index (χ1v) is 5.08. The summed E-state index contributed by atoms with van der Waals surface area (Å²) >= 11 is 10.9. The monoisotopic (exact) mass is 240 g/mol. The first-order valence-electron chi connectivity index (χ1n) is 4.29. The van der Waals surface area contributed by atoms with Crippen LogP contribution in [0.3, 0.4) is 0 Å². The molecule has 0 bridgehead atoms. The average Bonchev–Trinajstić information content (AvgIpc) is 2.53.